The molecule has 8 aromatic carbocycles. The van der Waals surface area contributed by atoms with E-state index in [-0.39, 0.29) is 0 Å². The van der Waals surface area contributed by atoms with E-state index in [2.05, 4.69) is 114 Å². The van der Waals surface area contributed by atoms with Crippen LogP contribution >= 0.6 is 0 Å². The number of aromatic nitrogens is 4. The van der Waals surface area contributed by atoms with Crippen LogP contribution in [0.5, 0.6) is 0 Å². The quantitative estimate of drug-likeness (QED) is 0.188. The van der Waals surface area contributed by atoms with E-state index in [1.54, 1.807) is 0 Å². The van der Waals surface area contributed by atoms with Crippen molar-refractivity contribution in [2.24, 2.45) is 0 Å². The molecule has 0 atom stereocenters. The first-order valence-corrected chi connectivity index (χ1v) is 17.4. The molecule has 52 heavy (non-hydrogen) atoms. The van der Waals surface area contributed by atoms with Gasteiger partial charge in [0.1, 0.15) is 11.2 Å². The van der Waals surface area contributed by atoms with Crippen LogP contribution in [0.1, 0.15) is 0 Å². The number of benzene rings is 8. The summed E-state index contributed by atoms with van der Waals surface area (Å²) in [6, 6.07) is 59.3. The van der Waals surface area contributed by atoms with E-state index in [9.17, 15) is 0 Å². The number of fused-ring (bicyclic) bond motifs is 9. The Morgan fingerprint density at radius 3 is 1.75 bits per heavy atom. The second-order valence-electron chi connectivity index (χ2n) is 13.3. The number of furan rings is 1. The van der Waals surface area contributed by atoms with Gasteiger partial charge in [0.15, 0.2) is 17.5 Å². The second kappa shape index (κ2) is 11.2. The first-order chi connectivity index (χ1) is 25.7. The minimum atomic E-state index is 0.598. The van der Waals surface area contributed by atoms with Gasteiger partial charge in [-0.2, -0.15) is 0 Å². The predicted octanol–water partition coefficient (Wildman–Crippen LogP) is 12.2. The SMILES string of the molecule is c1ccc(-c2nc(-c3ccccc3)nc(-c3ccc4c(c3)oc3ccc5ccc(-n6c7ccccc7c7cc8ccccc8cc76)cc5c34)n2)cc1. The molecule has 11 rings (SSSR count). The number of hydrogen-bond donors (Lipinski definition) is 0. The maximum Gasteiger partial charge on any atom is 0.164 e. The molecule has 0 unspecified atom stereocenters. The number of hydrogen-bond acceptors (Lipinski definition) is 4. The molecular formula is C47H28N4O. The Balaban J connectivity index is 1.10. The van der Waals surface area contributed by atoms with E-state index in [1.807, 2.05) is 60.7 Å². The molecule has 0 amide bonds. The summed E-state index contributed by atoms with van der Waals surface area (Å²) in [5.74, 6) is 1.86. The van der Waals surface area contributed by atoms with Crippen LogP contribution in [-0.2, 0) is 0 Å². The van der Waals surface area contributed by atoms with Gasteiger partial charge >= 0.3 is 0 Å². The molecule has 0 fully saturated rings. The Bertz CT molecular complexity index is 3120. The van der Waals surface area contributed by atoms with Crippen molar-refractivity contribution in [1.29, 1.82) is 0 Å². The van der Waals surface area contributed by atoms with Gasteiger partial charge < -0.3 is 8.98 Å². The van der Waals surface area contributed by atoms with Crippen molar-refractivity contribution in [3.63, 3.8) is 0 Å². The molecule has 0 saturated carbocycles. The van der Waals surface area contributed by atoms with Crippen molar-refractivity contribution < 1.29 is 4.42 Å². The van der Waals surface area contributed by atoms with Crippen LogP contribution in [0, 0.1) is 0 Å². The third kappa shape index (κ3) is 4.46. The standard InChI is InChI=1S/C47H28N4O/c1-3-11-30(12-4-1)45-48-46(31-13-5-2-6-14-31)50-47(49-45)34-20-23-37-43(27-34)52-42-24-21-29-19-22-35(28-38(29)44(37)42)51-40-18-10-9-17-36(40)39-25-32-15-7-8-16-33(32)26-41(39)51/h1-28H. The summed E-state index contributed by atoms with van der Waals surface area (Å²) < 4.78 is 8.99. The highest BCUT2D eigenvalue weighted by atomic mass is 16.3. The van der Waals surface area contributed by atoms with Gasteiger partial charge in [0.2, 0.25) is 0 Å². The lowest BCUT2D eigenvalue weighted by Gasteiger charge is -2.10. The second-order valence-corrected chi connectivity index (χ2v) is 13.3. The van der Waals surface area contributed by atoms with E-state index in [0.29, 0.717) is 17.5 Å². The average Bonchev–Trinajstić information content (AvgIpc) is 3.75. The van der Waals surface area contributed by atoms with Crippen LogP contribution in [0.4, 0.5) is 0 Å². The first kappa shape index (κ1) is 28.7. The van der Waals surface area contributed by atoms with Gasteiger partial charge in [-0.15, -0.1) is 0 Å². The van der Waals surface area contributed by atoms with E-state index < -0.39 is 0 Å². The Morgan fingerprint density at radius 1 is 0.365 bits per heavy atom. The minimum Gasteiger partial charge on any atom is -0.456 e. The number of nitrogens with zero attached hydrogens (tertiary/aromatic N) is 4. The molecule has 11 aromatic rings. The Morgan fingerprint density at radius 2 is 1.00 bits per heavy atom. The zero-order valence-corrected chi connectivity index (χ0v) is 27.9. The van der Waals surface area contributed by atoms with Gasteiger partial charge in [-0.05, 0) is 70.1 Å². The highest BCUT2D eigenvalue weighted by Crippen LogP contribution is 2.40. The number of rotatable bonds is 4. The Labute approximate surface area is 298 Å². The molecule has 0 aliphatic heterocycles. The summed E-state index contributed by atoms with van der Waals surface area (Å²) in [4.78, 5) is 14.8. The largest absolute Gasteiger partial charge is 0.456 e. The van der Waals surface area contributed by atoms with Gasteiger partial charge in [-0.3, -0.25) is 0 Å². The Hall–Kier alpha value is -7.11. The highest BCUT2D eigenvalue weighted by Gasteiger charge is 2.18. The molecule has 0 bridgehead atoms. The molecule has 0 radical (unpaired) electrons. The molecule has 3 heterocycles. The van der Waals surface area contributed by atoms with E-state index in [1.165, 1.54) is 32.6 Å². The van der Waals surface area contributed by atoms with E-state index in [4.69, 9.17) is 19.4 Å². The summed E-state index contributed by atoms with van der Waals surface area (Å²) >= 11 is 0. The van der Waals surface area contributed by atoms with Gasteiger partial charge in [0.25, 0.3) is 0 Å². The van der Waals surface area contributed by atoms with Crippen molar-refractivity contribution in [1.82, 2.24) is 19.5 Å². The molecule has 0 spiro atoms. The predicted molar refractivity (Wildman–Crippen MR) is 213 cm³/mol. The molecule has 5 nitrogen and oxygen atoms in total. The van der Waals surface area contributed by atoms with Gasteiger partial charge in [0, 0.05) is 43.9 Å². The molecule has 3 aromatic heterocycles. The van der Waals surface area contributed by atoms with Gasteiger partial charge in [0.05, 0.1) is 11.0 Å². The van der Waals surface area contributed by atoms with Crippen LogP contribution in [0.3, 0.4) is 0 Å². The topological polar surface area (TPSA) is 56.7 Å². The van der Waals surface area contributed by atoms with Crippen molar-refractivity contribution in [2.75, 3.05) is 0 Å². The van der Waals surface area contributed by atoms with E-state index >= 15 is 0 Å². The van der Waals surface area contributed by atoms with Crippen molar-refractivity contribution in [3.05, 3.63) is 170 Å². The van der Waals surface area contributed by atoms with Crippen molar-refractivity contribution in [2.45, 2.75) is 0 Å². The molecule has 0 aliphatic carbocycles. The fourth-order valence-electron chi connectivity index (χ4n) is 7.73. The van der Waals surface area contributed by atoms with Crippen LogP contribution in [0.15, 0.2) is 174 Å². The molecule has 0 saturated heterocycles. The van der Waals surface area contributed by atoms with E-state index in [0.717, 1.165) is 55.1 Å². The lowest BCUT2D eigenvalue weighted by molar-refractivity contribution is 0.669. The third-order valence-electron chi connectivity index (χ3n) is 10.2. The zero-order valence-electron chi connectivity index (χ0n) is 27.9. The van der Waals surface area contributed by atoms with Crippen LogP contribution in [0.25, 0.3) is 105 Å². The molecule has 5 heteroatoms. The van der Waals surface area contributed by atoms with Crippen molar-refractivity contribution >= 4 is 65.3 Å². The zero-order chi connectivity index (χ0) is 34.2. The lowest BCUT2D eigenvalue weighted by atomic mass is 10.0. The third-order valence-corrected chi connectivity index (χ3v) is 10.2. The molecule has 0 N–H and O–H groups in total. The molecular weight excluding hydrogens is 637 g/mol. The van der Waals surface area contributed by atoms with Crippen molar-refractivity contribution in [3.8, 4) is 39.9 Å². The molecule has 242 valence electrons. The summed E-state index contributed by atoms with van der Waals surface area (Å²) in [5.41, 5.74) is 7.86. The smallest absolute Gasteiger partial charge is 0.164 e. The summed E-state index contributed by atoms with van der Waals surface area (Å²) in [6.07, 6.45) is 0. The van der Waals surface area contributed by atoms with Gasteiger partial charge in [-0.1, -0.05) is 121 Å². The summed E-state index contributed by atoms with van der Waals surface area (Å²) in [7, 11) is 0. The average molecular weight is 665 g/mol. The monoisotopic (exact) mass is 664 g/mol. The first-order valence-electron chi connectivity index (χ1n) is 17.4. The van der Waals surface area contributed by atoms with Gasteiger partial charge in [-0.25, -0.2) is 15.0 Å². The maximum atomic E-state index is 6.59. The van der Waals surface area contributed by atoms with Crippen LogP contribution in [-0.4, -0.2) is 19.5 Å². The minimum absolute atomic E-state index is 0.598. The molecule has 0 aliphatic rings. The fraction of sp³-hybridized carbons (Fsp3) is 0. The number of para-hydroxylation sites is 1. The highest BCUT2D eigenvalue weighted by molar-refractivity contribution is 6.20. The van der Waals surface area contributed by atoms with Crippen LogP contribution < -0.4 is 0 Å². The lowest BCUT2D eigenvalue weighted by Crippen LogP contribution is -2.00. The summed E-state index contributed by atoms with van der Waals surface area (Å²) in [5, 5.41) is 9.41. The Kier molecular flexibility index (Phi) is 6.18. The maximum absolute atomic E-state index is 6.59. The van der Waals surface area contributed by atoms with Crippen LogP contribution in [0.2, 0.25) is 0 Å². The fourth-order valence-corrected chi connectivity index (χ4v) is 7.73. The summed E-state index contributed by atoms with van der Waals surface area (Å²) in [6.45, 7) is 0. The normalized spacial score (nSPS) is 11.8.